The van der Waals surface area contributed by atoms with E-state index in [2.05, 4.69) is 0 Å². The van der Waals surface area contributed by atoms with Crippen LogP contribution in [0, 0.1) is 0 Å². The summed E-state index contributed by atoms with van der Waals surface area (Å²) < 4.78 is 0. The van der Waals surface area contributed by atoms with E-state index in [-0.39, 0.29) is 87.7 Å². The van der Waals surface area contributed by atoms with Crippen molar-refractivity contribution >= 4 is 23.9 Å². The van der Waals surface area contributed by atoms with Crippen molar-refractivity contribution in [2.75, 3.05) is 13.1 Å². The second kappa shape index (κ2) is 25.7. The zero-order valence-corrected chi connectivity index (χ0v) is 16.8. The summed E-state index contributed by atoms with van der Waals surface area (Å²) in [4.78, 5) is 38.6. The van der Waals surface area contributed by atoms with Crippen molar-refractivity contribution in [3.8, 4) is 0 Å². The molecule has 0 aliphatic carbocycles. The van der Waals surface area contributed by atoms with Gasteiger partial charge < -0.3 is 34.7 Å². The zero-order valence-electron chi connectivity index (χ0n) is 14.8. The van der Waals surface area contributed by atoms with E-state index in [1.54, 1.807) is 0 Å². The molecule has 0 spiro atoms. The monoisotopic (exact) mass is 344 g/mol. The summed E-state index contributed by atoms with van der Waals surface area (Å²) in [7, 11) is 0. The summed E-state index contributed by atoms with van der Waals surface area (Å²) >= 11 is 0. The molecule has 0 rings (SSSR count). The molecule has 0 bridgehead atoms. The Morgan fingerprint density at radius 3 is 0.773 bits per heavy atom. The van der Waals surface area contributed by atoms with Gasteiger partial charge in [0.25, 0.3) is 0 Å². The molecule has 10 nitrogen and oxygen atoms in total. The predicted octanol–water partition coefficient (Wildman–Crippen LogP) is -6.99. The van der Waals surface area contributed by atoms with Gasteiger partial charge in [0, 0.05) is 13.1 Å². The van der Waals surface area contributed by atoms with Crippen molar-refractivity contribution in [3.63, 3.8) is 0 Å². The van der Waals surface area contributed by atoms with Crippen molar-refractivity contribution in [3.05, 3.63) is 0 Å². The topological polar surface area (TPSA) is 201 Å². The van der Waals surface area contributed by atoms with Crippen LogP contribution in [0.15, 0.2) is 0 Å². The Morgan fingerprint density at radius 2 is 0.727 bits per heavy atom. The molecule has 0 amide bonds. The van der Waals surface area contributed by atoms with Crippen molar-refractivity contribution in [1.29, 1.82) is 0 Å². The van der Waals surface area contributed by atoms with E-state index >= 15 is 0 Å². The number of carboxylic acid groups (broad SMARTS) is 4. The van der Waals surface area contributed by atoms with E-state index < -0.39 is 23.9 Å². The molecule has 0 aromatic carbocycles. The van der Waals surface area contributed by atoms with E-state index in [4.69, 9.17) is 31.9 Å². The molecule has 0 aromatic heterocycles. The molecule has 0 atom stereocenters. The number of hydrogen-bond acceptors (Lipinski definition) is 6. The quantitative estimate of drug-likeness (QED) is 0.241. The molecule has 0 aliphatic rings. The SMILES string of the molecule is NCCN.O=C(O)CCC(=O)O.O=C(O)CCC(=O)O.[H-].[H-].[Na+].[Na+]. The molecule has 12 heteroatoms. The van der Waals surface area contributed by atoms with Crippen LogP contribution in [-0.4, -0.2) is 57.4 Å². The van der Waals surface area contributed by atoms with Crippen molar-refractivity contribution < 1.29 is 102 Å². The van der Waals surface area contributed by atoms with Gasteiger partial charge in [0.15, 0.2) is 0 Å². The Hall–Kier alpha value is -0.200. The Kier molecular flexibility index (Phi) is 39.1. The fourth-order valence-corrected chi connectivity index (χ4v) is 0.428. The Morgan fingerprint density at radius 1 is 0.591 bits per heavy atom. The van der Waals surface area contributed by atoms with E-state index in [0.717, 1.165) is 0 Å². The van der Waals surface area contributed by atoms with Gasteiger partial charge in [0.2, 0.25) is 0 Å². The first-order chi connectivity index (χ1) is 9.17. The minimum Gasteiger partial charge on any atom is -1.00 e. The second-order valence-electron chi connectivity index (χ2n) is 3.15. The molecule has 0 aliphatic heterocycles. The fraction of sp³-hybridized carbons (Fsp3) is 0.600. The Labute approximate surface area is 174 Å². The smallest absolute Gasteiger partial charge is 1.00 e. The largest absolute Gasteiger partial charge is 1.00 e. The van der Waals surface area contributed by atoms with Crippen LogP contribution < -0.4 is 70.6 Å². The van der Waals surface area contributed by atoms with Crippen LogP contribution in [0.1, 0.15) is 28.5 Å². The normalized spacial score (nSPS) is 7.55. The van der Waals surface area contributed by atoms with Gasteiger partial charge in [0.1, 0.15) is 0 Å². The second-order valence-corrected chi connectivity index (χ2v) is 3.15. The number of hydrogen-bond donors (Lipinski definition) is 6. The standard InChI is InChI=1S/2C4H6O4.C2H8N2.2Na.2H/c2*5-3(6)1-2-4(7)8;3-1-2-4;;;;/h2*1-2H2,(H,5,6)(H,7,8);1-4H2;;;;/q;;;2*+1;2*-1. The van der Waals surface area contributed by atoms with E-state index in [0.29, 0.717) is 13.1 Å². The summed E-state index contributed by atoms with van der Waals surface area (Å²) in [6, 6.07) is 0. The summed E-state index contributed by atoms with van der Waals surface area (Å²) in [5, 5.41) is 31.6. The number of carboxylic acids is 4. The molecular weight excluding hydrogens is 322 g/mol. The minimum absolute atomic E-state index is 0. The van der Waals surface area contributed by atoms with Crippen molar-refractivity contribution in [1.82, 2.24) is 0 Å². The summed E-state index contributed by atoms with van der Waals surface area (Å²) in [5.41, 5.74) is 9.81. The molecule has 0 aromatic rings. The molecule has 0 saturated carbocycles. The Bertz CT molecular complexity index is 267. The molecule has 22 heavy (non-hydrogen) atoms. The van der Waals surface area contributed by atoms with Gasteiger partial charge in [-0.1, -0.05) is 0 Å². The number of nitrogens with two attached hydrogens (primary N) is 2. The van der Waals surface area contributed by atoms with Crippen LogP contribution in [0.2, 0.25) is 0 Å². The molecule has 0 radical (unpaired) electrons. The summed E-state index contributed by atoms with van der Waals surface area (Å²) in [6.45, 7) is 1.19. The minimum atomic E-state index is -1.08. The first kappa shape index (κ1) is 33.4. The van der Waals surface area contributed by atoms with Crippen LogP contribution in [0.25, 0.3) is 0 Å². The van der Waals surface area contributed by atoms with Gasteiger partial charge in [-0.3, -0.25) is 19.2 Å². The fourth-order valence-electron chi connectivity index (χ4n) is 0.428. The summed E-state index contributed by atoms with van der Waals surface area (Å²) in [5.74, 6) is -4.31. The molecule has 0 heterocycles. The van der Waals surface area contributed by atoms with Crippen LogP contribution in [0.5, 0.6) is 0 Å². The van der Waals surface area contributed by atoms with Crippen molar-refractivity contribution in [2.45, 2.75) is 25.7 Å². The van der Waals surface area contributed by atoms with Gasteiger partial charge in [-0.15, -0.1) is 0 Å². The van der Waals surface area contributed by atoms with Gasteiger partial charge in [-0.2, -0.15) is 0 Å². The van der Waals surface area contributed by atoms with Gasteiger partial charge in [-0.25, -0.2) is 0 Å². The maximum absolute atomic E-state index is 9.64. The zero-order chi connectivity index (χ0) is 16.6. The van der Waals surface area contributed by atoms with Crippen LogP contribution in [0.4, 0.5) is 0 Å². The van der Waals surface area contributed by atoms with Crippen molar-refractivity contribution in [2.24, 2.45) is 11.5 Å². The molecule has 0 unspecified atom stereocenters. The maximum Gasteiger partial charge on any atom is 1.00 e. The van der Waals surface area contributed by atoms with Crippen LogP contribution >= 0.6 is 0 Å². The van der Waals surface area contributed by atoms with E-state index in [1.807, 2.05) is 0 Å². The first-order valence-electron chi connectivity index (χ1n) is 5.44. The first-order valence-corrected chi connectivity index (χ1v) is 5.44. The molecule has 0 fully saturated rings. The third-order valence-corrected chi connectivity index (χ3v) is 1.27. The van der Waals surface area contributed by atoms with Crippen LogP contribution in [0.3, 0.4) is 0 Å². The molecule has 122 valence electrons. The van der Waals surface area contributed by atoms with E-state index in [9.17, 15) is 19.2 Å². The van der Waals surface area contributed by atoms with Gasteiger partial charge >= 0.3 is 83.0 Å². The maximum atomic E-state index is 9.64. The number of aliphatic carboxylic acids is 4. The Balaban J connectivity index is -0.0000000348. The molecule has 8 N–H and O–H groups in total. The van der Waals surface area contributed by atoms with Gasteiger partial charge in [0.05, 0.1) is 25.7 Å². The molecular formula is C10H22N2Na2O8. The van der Waals surface area contributed by atoms with Crippen LogP contribution in [-0.2, 0) is 19.2 Å². The number of rotatable bonds is 7. The number of carbonyl (C=O) groups is 4. The van der Waals surface area contributed by atoms with E-state index in [1.165, 1.54) is 0 Å². The average molecular weight is 344 g/mol. The third-order valence-electron chi connectivity index (χ3n) is 1.27. The molecule has 0 saturated heterocycles. The average Bonchev–Trinajstić information content (AvgIpc) is 2.35. The summed E-state index contributed by atoms with van der Waals surface area (Å²) in [6.07, 6.45) is -1.19. The third kappa shape index (κ3) is 60.0. The predicted molar refractivity (Wildman–Crippen MR) is 69.3 cm³/mol. The van der Waals surface area contributed by atoms with Gasteiger partial charge in [-0.05, 0) is 0 Å².